The van der Waals surface area contributed by atoms with Gasteiger partial charge in [-0.1, -0.05) is 27.5 Å². The lowest BCUT2D eigenvalue weighted by Gasteiger charge is -2.08. The Morgan fingerprint density at radius 1 is 1.62 bits per heavy atom. The molecule has 0 aromatic heterocycles. The molecule has 3 nitrogen and oxygen atoms in total. The number of esters is 1. The molecule has 0 atom stereocenters. The van der Waals surface area contributed by atoms with Crippen LogP contribution < -0.4 is 0 Å². The fraction of sp³-hybridized carbons (Fsp3) is 0.273. The highest BCUT2D eigenvalue weighted by atomic mass is 79.9. The van der Waals surface area contributed by atoms with E-state index in [1.54, 1.807) is 13.0 Å². The monoisotopic (exact) mass is 301 g/mol. The highest BCUT2D eigenvalue weighted by Gasteiger charge is 2.16. The maximum Gasteiger partial charge on any atom is 0.339 e. The van der Waals surface area contributed by atoms with Crippen LogP contribution in [0.25, 0.3) is 0 Å². The largest absolute Gasteiger partial charge is 0.462 e. The summed E-state index contributed by atoms with van der Waals surface area (Å²) in [6.45, 7) is 2.01. The number of rotatable bonds is 3. The molecule has 0 radical (unpaired) electrons. The standard InChI is InChI=1S/C11H9BrClNO2/c1-2-16-11(15)8-4-3-7(6-14)9(5-12)10(8)13/h3-4H,2,5H2,1H3. The van der Waals surface area contributed by atoms with Gasteiger partial charge in [-0.05, 0) is 24.6 Å². The van der Waals surface area contributed by atoms with E-state index in [4.69, 9.17) is 21.6 Å². The third kappa shape index (κ3) is 2.55. The normalized spacial score (nSPS) is 9.62. The van der Waals surface area contributed by atoms with Crippen LogP contribution in [0.4, 0.5) is 0 Å². The summed E-state index contributed by atoms with van der Waals surface area (Å²) in [4.78, 5) is 11.5. The van der Waals surface area contributed by atoms with E-state index in [2.05, 4.69) is 15.9 Å². The van der Waals surface area contributed by atoms with Gasteiger partial charge in [-0.25, -0.2) is 4.79 Å². The van der Waals surface area contributed by atoms with E-state index in [1.165, 1.54) is 6.07 Å². The zero-order valence-electron chi connectivity index (χ0n) is 8.59. The first kappa shape index (κ1) is 13.0. The zero-order valence-corrected chi connectivity index (χ0v) is 10.9. The molecule has 0 saturated heterocycles. The van der Waals surface area contributed by atoms with Crippen LogP contribution >= 0.6 is 27.5 Å². The molecule has 0 aliphatic heterocycles. The van der Waals surface area contributed by atoms with Gasteiger partial charge in [-0.15, -0.1) is 0 Å². The minimum atomic E-state index is -0.473. The molecule has 5 heteroatoms. The van der Waals surface area contributed by atoms with Gasteiger partial charge in [-0.2, -0.15) is 5.26 Å². The molecule has 0 unspecified atom stereocenters. The Labute approximate surface area is 107 Å². The van der Waals surface area contributed by atoms with Gasteiger partial charge < -0.3 is 4.74 Å². The van der Waals surface area contributed by atoms with Crippen LogP contribution in [0.15, 0.2) is 12.1 Å². The summed E-state index contributed by atoms with van der Waals surface area (Å²) in [6.07, 6.45) is 0. The molecule has 1 aromatic rings. The van der Waals surface area contributed by atoms with Gasteiger partial charge in [0.1, 0.15) is 0 Å². The van der Waals surface area contributed by atoms with Crippen LogP contribution in [-0.2, 0) is 10.1 Å². The first-order valence-corrected chi connectivity index (χ1v) is 6.10. The fourth-order valence-electron chi connectivity index (χ4n) is 1.22. The van der Waals surface area contributed by atoms with Crippen LogP contribution in [-0.4, -0.2) is 12.6 Å². The van der Waals surface area contributed by atoms with E-state index in [0.29, 0.717) is 23.1 Å². The molecule has 16 heavy (non-hydrogen) atoms. The minimum Gasteiger partial charge on any atom is -0.462 e. The molecule has 1 rings (SSSR count). The molecule has 0 heterocycles. The number of carbonyl (C=O) groups is 1. The number of ether oxygens (including phenoxy) is 1. The summed E-state index contributed by atoms with van der Waals surface area (Å²) in [6, 6.07) is 5.09. The maximum atomic E-state index is 11.5. The van der Waals surface area contributed by atoms with Crippen LogP contribution in [0, 0.1) is 11.3 Å². The molecular formula is C11H9BrClNO2. The number of nitriles is 1. The first-order valence-electron chi connectivity index (χ1n) is 4.60. The molecule has 0 N–H and O–H groups in total. The van der Waals surface area contributed by atoms with Gasteiger partial charge in [0.25, 0.3) is 0 Å². The average molecular weight is 303 g/mol. The van der Waals surface area contributed by atoms with Crippen LogP contribution in [0.3, 0.4) is 0 Å². The van der Waals surface area contributed by atoms with Gasteiger partial charge in [0, 0.05) is 5.33 Å². The second-order valence-corrected chi connectivity index (χ2v) is 3.86. The molecule has 0 saturated carbocycles. The van der Waals surface area contributed by atoms with Gasteiger partial charge in [0.15, 0.2) is 0 Å². The summed E-state index contributed by atoms with van der Waals surface area (Å²) in [5.41, 5.74) is 1.35. The van der Waals surface area contributed by atoms with Crippen molar-refractivity contribution in [3.63, 3.8) is 0 Å². The van der Waals surface area contributed by atoms with Gasteiger partial charge in [-0.3, -0.25) is 0 Å². The van der Waals surface area contributed by atoms with E-state index in [-0.39, 0.29) is 10.6 Å². The molecule has 84 valence electrons. The zero-order chi connectivity index (χ0) is 12.1. The third-order valence-corrected chi connectivity index (χ3v) is 2.99. The average Bonchev–Trinajstić information content (AvgIpc) is 2.28. The second kappa shape index (κ2) is 5.88. The van der Waals surface area contributed by atoms with Crippen molar-refractivity contribution in [2.75, 3.05) is 6.61 Å². The van der Waals surface area contributed by atoms with Crippen molar-refractivity contribution < 1.29 is 9.53 Å². The number of halogens is 2. The number of alkyl halides is 1. The molecular weight excluding hydrogens is 293 g/mol. The van der Waals surface area contributed by atoms with Crippen molar-refractivity contribution in [3.05, 3.63) is 33.8 Å². The van der Waals surface area contributed by atoms with Crippen molar-refractivity contribution in [2.45, 2.75) is 12.3 Å². The molecule has 0 aliphatic rings. The third-order valence-electron chi connectivity index (χ3n) is 1.99. The summed E-state index contributed by atoms with van der Waals surface area (Å²) >= 11 is 9.28. The van der Waals surface area contributed by atoms with Gasteiger partial charge in [0.2, 0.25) is 0 Å². The lowest BCUT2D eigenvalue weighted by molar-refractivity contribution is 0.0526. The number of benzene rings is 1. The number of hydrogen-bond acceptors (Lipinski definition) is 3. The van der Waals surface area contributed by atoms with Crippen molar-refractivity contribution in [1.29, 1.82) is 5.26 Å². The van der Waals surface area contributed by atoms with Crippen LogP contribution in [0.5, 0.6) is 0 Å². The maximum absolute atomic E-state index is 11.5. The summed E-state index contributed by atoms with van der Waals surface area (Å²) < 4.78 is 4.86. The molecule has 0 bridgehead atoms. The Morgan fingerprint density at radius 2 is 2.31 bits per heavy atom. The summed E-state index contributed by atoms with van der Waals surface area (Å²) in [5.74, 6) is -0.473. The van der Waals surface area contributed by atoms with Crippen molar-refractivity contribution in [1.82, 2.24) is 0 Å². The molecule has 0 amide bonds. The predicted octanol–water partition coefficient (Wildman–Crippen LogP) is 3.28. The topological polar surface area (TPSA) is 50.1 Å². The van der Waals surface area contributed by atoms with Crippen molar-refractivity contribution in [3.8, 4) is 6.07 Å². The van der Waals surface area contributed by atoms with Crippen molar-refractivity contribution in [2.24, 2.45) is 0 Å². The Kier molecular flexibility index (Phi) is 4.78. The highest BCUT2D eigenvalue weighted by molar-refractivity contribution is 9.08. The SMILES string of the molecule is CCOC(=O)c1ccc(C#N)c(CBr)c1Cl. The van der Waals surface area contributed by atoms with E-state index >= 15 is 0 Å². The molecule has 0 fully saturated rings. The fourth-order valence-corrected chi connectivity index (χ4v) is 2.28. The second-order valence-electron chi connectivity index (χ2n) is 2.92. The summed E-state index contributed by atoms with van der Waals surface area (Å²) in [7, 11) is 0. The van der Waals surface area contributed by atoms with E-state index in [1.807, 2.05) is 6.07 Å². The Hall–Kier alpha value is -1.05. The quantitative estimate of drug-likeness (QED) is 0.636. The molecule has 0 aliphatic carbocycles. The van der Waals surface area contributed by atoms with Gasteiger partial charge in [0.05, 0.1) is 28.8 Å². The number of nitrogens with zero attached hydrogens (tertiary/aromatic N) is 1. The van der Waals surface area contributed by atoms with E-state index in [0.717, 1.165) is 0 Å². The lowest BCUT2D eigenvalue weighted by atomic mass is 10.1. The highest BCUT2D eigenvalue weighted by Crippen LogP contribution is 2.27. The minimum absolute atomic E-state index is 0.273. The van der Waals surface area contributed by atoms with Crippen LogP contribution in [0.1, 0.15) is 28.4 Å². The Balaban J connectivity index is 3.25. The Morgan fingerprint density at radius 3 is 2.81 bits per heavy atom. The molecule has 1 aromatic carbocycles. The van der Waals surface area contributed by atoms with Crippen molar-refractivity contribution >= 4 is 33.5 Å². The number of carbonyl (C=O) groups excluding carboxylic acids is 1. The van der Waals surface area contributed by atoms with E-state index in [9.17, 15) is 4.79 Å². The lowest BCUT2D eigenvalue weighted by Crippen LogP contribution is -2.07. The van der Waals surface area contributed by atoms with E-state index < -0.39 is 5.97 Å². The predicted molar refractivity (Wildman–Crippen MR) is 64.8 cm³/mol. The summed E-state index contributed by atoms with van der Waals surface area (Å²) in [5, 5.41) is 9.55. The Bertz CT molecular complexity index is 454. The smallest absolute Gasteiger partial charge is 0.339 e. The molecule has 0 spiro atoms. The van der Waals surface area contributed by atoms with Gasteiger partial charge >= 0.3 is 5.97 Å². The first-order chi connectivity index (χ1) is 7.65. The number of hydrogen-bond donors (Lipinski definition) is 0. The van der Waals surface area contributed by atoms with Crippen LogP contribution in [0.2, 0.25) is 5.02 Å².